The zero-order valence-electron chi connectivity index (χ0n) is 13.9. The van der Waals surface area contributed by atoms with Crippen molar-refractivity contribution in [2.75, 3.05) is 17.7 Å². The summed E-state index contributed by atoms with van der Waals surface area (Å²) < 4.78 is 40.4. The highest BCUT2D eigenvalue weighted by Crippen LogP contribution is 2.33. The number of anilines is 3. The molecule has 3 heterocycles. The van der Waals surface area contributed by atoms with Crippen molar-refractivity contribution in [2.45, 2.75) is 19.6 Å². The van der Waals surface area contributed by atoms with Gasteiger partial charge < -0.3 is 10.6 Å². The molecule has 0 aliphatic heterocycles. The van der Waals surface area contributed by atoms with Gasteiger partial charge in [0.15, 0.2) is 0 Å². The van der Waals surface area contributed by atoms with Crippen LogP contribution in [0.2, 0.25) is 0 Å². The van der Waals surface area contributed by atoms with Gasteiger partial charge in [0, 0.05) is 25.6 Å². The first kappa shape index (κ1) is 17.6. The fourth-order valence-corrected chi connectivity index (χ4v) is 2.23. The third-order valence-corrected chi connectivity index (χ3v) is 3.59. The van der Waals surface area contributed by atoms with E-state index in [2.05, 4.69) is 35.7 Å². The Labute approximate surface area is 146 Å². The van der Waals surface area contributed by atoms with Gasteiger partial charge in [-0.3, -0.25) is 4.68 Å². The molecule has 0 aliphatic rings. The molecule has 0 atom stereocenters. The highest BCUT2D eigenvalue weighted by atomic mass is 19.4. The molecular weight excluding hydrogens is 349 g/mol. The van der Waals surface area contributed by atoms with Crippen molar-refractivity contribution < 1.29 is 13.2 Å². The lowest BCUT2D eigenvalue weighted by Crippen LogP contribution is -2.12. The Bertz CT molecular complexity index is 892. The molecule has 11 heteroatoms. The van der Waals surface area contributed by atoms with E-state index in [1.165, 1.54) is 7.05 Å². The van der Waals surface area contributed by atoms with Crippen molar-refractivity contribution in [1.82, 2.24) is 29.7 Å². The second kappa shape index (κ2) is 6.94. The Morgan fingerprint density at radius 3 is 2.50 bits per heavy atom. The lowest BCUT2D eigenvalue weighted by atomic mass is 10.3. The molecule has 0 aliphatic carbocycles. The predicted molar refractivity (Wildman–Crippen MR) is 88.0 cm³/mol. The second-order valence-electron chi connectivity index (χ2n) is 5.29. The monoisotopic (exact) mass is 364 g/mol. The molecule has 8 nitrogen and oxygen atoms in total. The summed E-state index contributed by atoms with van der Waals surface area (Å²) in [6.45, 7) is 2.17. The van der Waals surface area contributed by atoms with Gasteiger partial charge in [-0.25, -0.2) is 15.0 Å². The van der Waals surface area contributed by atoms with Crippen LogP contribution in [-0.2, 0) is 12.7 Å². The maximum Gasteiger partial charge on any atom is 0.421 e. The fourth-order valence-electron chi connectivity index (χ4n) is 2.23. The smallest absolute Gasteiger partial charge is 0.372 e. The van der Waals surface area contributed by atoms with Gasteiger partial charge in [0.05, 0.1) is 17.6 Å². The first-order valence-electron chi connectivity index (χ1n) is 7.56. The molecule has 0 unspecified atom stereocenters. The average Bonchev–Trinajstić information content (AvgIpc) is 2.95. The number of alkyl halides is 3. The molecule has 3 aromatic rings. The molecular formula is C15H15F3N8. The summed E-state index contributed by atoms with van der Waals surface area (Å²) in [6, 6.07) is 1.72. The van der Waals surface area contributed by atoms with Crippen LogP contribution in [-0.4, -0.2) is 36.8 Å². The van der Waals surface area contributed by atoms with Crippen molar-refractivity contribution in [3.8, 4) is 0 Å². The first-order valence-corrected chi connectivity index (χ1v) is 7.56. The average molecular weight is 364 g/mol. The number of nitrogens with one attached hydrogen (secondary N) is 2. The lowest BCUT2D eigenvalue weighted by Gasteiger charge is -2.12. The third-order valence-electron chi connectivity index (χ3n) is 3.59. The molecule has 0 fully saturated rings. The molecule has 0 radical (unpaired) electrons. The van der Waals surface area contributed by atoms with Crippen LogP contribution in [0.3, 0.4) is 0 Å². The van der Waals surface area contributed by atoms with E-state index in [1.807, 2.05) is 0 Å². The van der Waals surface area contributed by atoms with Gasteiger partial charge in [0.1, 0.15) is 23.8 Å². The Morgan fingerprint density at radius 1 is 1.12 bits per heavy atom. The van der Waals surface area contributed by atoms with Crippen molar-refractivity contribution >= 4 is 17.5 Å². The molecule has 2 N–H and O–H groups in total. The molecule has 0 spiro atoms. The zero-order valence-corrected chi connectivity index (χ0v) is 13.9. The Morgan fingerprint density at radius 2 is 1.85 bits per heavy atom. The molecule has 0 saturated heterocycles. The summed E-state index contributed by atoms with van der Waals surface area (Å²) in [6.07, 6.45) is 1.01. The van der Waals surface area contributed by atoms with Crippen LogP contribution in [0.25, 0.3) is 0 Å². The fraction of sp³-hybridized carbons (Fsp3) is 0.267. The van der Waals surface area contributed by atoms with E-state index < -0.39 is 11.7 Å². The minimum Gasteiger partial charge on any atom is -0.372 e. The molecule has 0 aromatic carbocycles. The summed E-state index contributed by atoms with van der Waals surface area (Å²) in [5.74, 6) is 0.312. The summed E-state index contributed by atoms with van der Waals surface area (Å²) in [4.78, 5) is 15.9. The number of aromatic nitrogens is 6. The Kier molecular flexibility index (Phi) is 4.69. The topological polar surface area (TPSA) is 93.4 Å². The largest absolute Gasteiger partial charge is 0.421 e. The van der Waals surface area contributed by atoms with E-state index in [-0.39, 0.29) is 11.8 Å². The molecule has 26 heavy (non-hydrogen) atoms. The zero-order chi connectivity index (χ0) is 18.7. The van der Waals surface area contributed by atoms with E-state index >= 15 is 0 Å². The number of rotatable bonds is 5. The standard InChI is InChI=1S/C15H15F3N8/c1-9-11(7-23-26(9)8-12-20-4-3-5-21-12)24-14-22-6-10(15(16,17)18)13(19-2)25-14/h3-7H,8H2,1-2H3,(H2,19,22,24,25). The van der Waals surface area contributed by atoms with E-state index in [9.17, 15) is 13.2 Å². The van der Waals surface area contributed by atoms with E-state index in [0.717, 1.165) is 11.9 Å². The maximum atomic E-state index is 12.9. The lowest BCUT2D eigenvalue weighted by molar-refractivity contribution is -0.137. The summed E-state index contributed by atoms with van der Waals surface area (Å²) in [5.41, 5.74) is 0.383. The predicted octanol–water partition coefficient (Wildman–Crippen LogP) is 2.62. The minimum atomic E-state index is -4.53. The number of hydrogen-bond donors (Lipinski definition) is 2. The molecule has 3 aromatic heterocycles. The highest BCUT2D eigenvalue weighted by molar-refractivity contribution is 5.58. The molecule has 0 amide bonds. The third kappa shape index (κ3) is 3.71. The van der Waals surface area contributed by atoms with Gasteiger partial charge >= 0.3 is 6.18 Å². The van der Waals surface area contributed by atoms with Crippen molar-refractivity contribution in [2.24, 2.45) is 0 Å². The van der Waals surface area contributed by atoms with E-state index in [4.69, 9.17) is 0 Å². The number of halogens is 3. The van der Waals surface area contributed by atoms with Crippen LogP contribution < -0.4 is 10.6 Å². The SMILES string of the molecule is CNc1nc(Nc2cnn(Cc3ncccn3)c2C)ncc1C(F)(F)F. The van der Waals surface area contributed by atoms with Gasteiger partial charge in [-0.1, -0.05) is 0 Å². The van der Waals surface area contributed by atoms with Crippen molar-refractivity contribution in [3.63, 3.8) is 0 Å². The van der Waals surface area contributed by atoms with E-state index in [1.54, 1.807) is 36.3 Å². The summed E-state index contributed by atoms with van der Waals surface area (Å²) >= 11 is 0. The minimum absolute atomic E-state index is 0.0287. The second-order valence-corrected chi connectivity index (χ2v) is 5.29. The summed E-state index contributed by atoms with van der Waals surface area (Å²) in [5, 5.41) is 9.54. The van der Waals surface area contributed by atoms with Crippen LogP contribution in [0.1, 0.15) is 17.1 Å². The first-order chi connectivity index (χ1) is 12.4. The van der Waals surface area contributed by atoms with Gasteiger partial charge in [0.25, 0.3) is 0 Å². The molecule has 0 bridgehead atoms. The van der Waals surface area contributed by atoms with Crippen LogP contribution in [0.4, 0.5) is 30.6 Å². The molecule has 0 saturated carbocycles. The highest BCUT2D eigenvalue weighted by Gasteiger charge is 2.35. The van der Waals surface area contributed by atoms with Gasteiger partial charge in [-0.2, -0.15) is 23.3 Å². The number of nitrogens with zero attached hydrogens (tertiary/aromatic N) is 6. The van der Waals surface area contributed by atoms with E-state index in [0.29, 0.717) is 18.1 Å². The van der Waals surface area contributed by atoms with Crippen LogP contribution >= 0.6 is 0 Å². The van der Waals surface area contributed by atoms with Crippen LogP contribution in [0.5, 0.6) is 0 Å². The molecule has 136 valence electrons. The maximum absolute atomic E-state index is 12.9. The Hall–Kier alpha value is -3.24. The van der Waals surface area contributed by atoms with Gasteiger partial charge in [0.2, 0.25) is 5.95 Å². The molecule has 3 rings (SSSR count). The van der Waals surface area contributed by atoms with Gasteiger partial charge in [-0.05, 0) is 13.0 Å². The Balaban J connectivity index is 1.81. The van der Waals surface area contributed by atoms with Crippen molar-refractivity contribution in [3.05, 3.63) is 47.9 Å². The van der Waals surface area contributed by atoms with Gasteiger partial charge in [-0.15, -0.1) is 0 Å². The summed E-state index contributed by atoms with van der Waals surface area (Å²) in [7, 11) is 1.37. The van der Waals surface area contributed by atoms with Crippen LogP contribution in [0.15, 0.2) is 30.9 Å². The van der Waals surface area contributed by atoms with Crippen LogP contribution in [0, 0.1) is 6.92 Å². The van der Waals surface area contributed by atoms with Crippen molar-refractivity contribution in [1.29, 1.82) is 0 Å². The normalized spacial score (nSPS) is 11.4. The number of hydrogen-bond acceptors (Lipinski definition) is 7. The quantitative estimate of drug-likeness (QED) is 0.719.